The molecule has 0 bridgehead atoms. The molecular formula is C27H28N4O4. The van der Waals surface area contributed by atoms with Gasteiger partial charge in [-0.15, -0.1) is 0 Å². The Kier molecular flexibility index (Phi) is 6.82. The molecule has 8 heteroatoms. The molecule has 8 nitrogen and oxygen atoms in total. The molecule has 0 fully saturated rings. The summed E-state index contributed by atoms with van der Waals surface area (Å²) >= 11 is 0. The van der Waals surface area contributed by atoms with Gasteiger partial charge in [-0.25, -0.2) is 9.50 Å². The number of amides is 1. The predicted molar refractivity (Wildman–Crippen MR) is 135 cm³/mol. The van der Waals surface area contributed by atoms with Gasteiger partial charge in [0.2, 0.25) is 0 Å². The minimum Gasteiger partial charge on any atom is -0.490 e. The molecule has 1 amide bonds. The summed E-state index contributed by atoms with van der Waals surface area (Å²) in [6, 6.07) is 12.6. The second-order valence-corrected chi connectivity index (χ2v) is 8.07. The van der Waals surface area contributed by atoms with Crippen LogP contribution in [-0.2, 0) is 0 Å². The minimum absolute atomic E-state index is 0.0679. The van der Waals surface area contributed by atoms with E-state index < -0.39 is 0 Å². The summed E-state index contributed by atoms with van der Waals surface area (Å²) < 4.78 is 13.2. The van der Waals surface area contributed by atoms with Crippen LogP contribution in [0.5, 0.6) is 11.5 Å². The lowest BCUT2D eigenvalue weighted by Gasteiger charge is -2.12. The fourth-order valence-corrected chi connectivity index (χ4v) is 3.98. The Morgan fingerprint density at radius 1 is 1.00 bits per heavy atom. The van der Waals surface area contributed by atoms with Crippen LogP contribution in [0.3, 0.4) is 0 Å². The van der Waals surface area contributed by atoms with E-state index in [1.807, 2.05) is 45.9 Å². The van der Waals surface area contributed by atoms with Crippen LogP contribution in [0.4, 0.5) is 5.69 Å². The van der Waals surface area contributed by atoms with E-state index >= 15 is 0 Å². The van der Waals surface area contributed by atoms with E-state index in [-0.39, 0.29) is 11.7 Å². The van der Waals surface area contributed by atoms with Gasteiger partial charge in [0.05, 0.1) is 30.2 Å². The number of carbonyl (C=O) groups excluding carboxylic acids is 2. The van der Waals surface area contributed by atoms with Crippen molar-refractivity contribution < 1.29 is 19.1 Å². The molecule has 4 aromatic rings. The van der Waals surface area contributed by atoms with Gasteiger partial charge in [0.1, 0.15) is 0 Å². The number of aryl methyl sites for hydroxylation is 2. The lowest BCUT2D eigenvalue weighted by molar-refractivity contribution is 0.101. The molecule has 0 radical (unpaired) electrons. The van der Waals surface area contributed by atoms with Gasteiger partial charge >= 0.3 is 0 Å². The molecule has 2 aromatic heterocycles. The molecule has 0 aliphatic heterocycles. The average molecular weight is 473 g/mol. The third-order valence-electron chi connectivity index (χ3n) is 5.66. The molecule has 0 unspecified atom stereocenters. The summed E-state index contributed by atoms with van der Waals surface area (Å²) in [5.74, 6) is 0.948. The second kappa shape index (κ2) is 9.97. The topological polar surface area (TPSA) is 94.8 Å². The molecule has 4 rings (SSSR count). The number of Topliss-reactive ketones (excluding diaryl/α,β-unsaturated/α-hetero) is 1. The van der Waals surface area contributed by atoms with Gasteiger partial charge in [-0.2, -0.15) is 5.10 Å². The normalized spacial score (nSPS) is 10.9. The van der Waals surface area contributed by atoms with E-state index in [9.17, 15) is 9.59 Å². The molecule has 0 atom stereocenters. The first kappa shape index (κ1) is 23.9. The first-order valence-corrected chi connectivity index (χ1v) is 11.5. The number of rotatable bonds is 8. The maximum atomic E-state index is 13.0. The van der Waals surface area contributed by atoms with Crippen LogP contribution in [0.2, 0.25) is 0 Å². The number of carbonyl (C=O) groups is 2. The van der Waals surface area contributed by atoms with Crippen LogP contribution in [0, 0.1) is 13.8 Å². The highest BCUT2D eigenvalue weighted by molar-refractivity contribution is 6.06. The smallest absolute Gasteiger partial charge is 0.259 e. The van der Waals surface area contributed by atoms with Crippen molar-refractivity contribution in [2.45, 2.75) is 34.6 Å². The summed E-state index contributed by atoms with van der Waals surface area (Å²) in [6.07, 6.45) is 1.55. The average Bonchev–Trinajstić information content (AvgIpc) is 3.17. The number of fused-ring (bicyclic) bond motifs is 1. The number of hydrogen-bond donors (Lipinski definition) is 1. The van der Waals surface area contributed by atoms with Crippen LogP contribution in [-0.4, -0.2) is 39.5 Å². The molecule has 0 saturated carbocycles. The van der Waals surface area contributed by atoms with E-state index in [0.29, 0.717) is 52.9 Å². The lowest BCUT2D eigenvalue weighted by Crippen LogP contribution is -2.16. The Hall–Kier alpha value is -4.20. The monoisotopic (exact) mass is 472 g/mol. The standard InChI is InChI=1S/C27H28N4O4/c1-6-34-23-12-11-20(14-24(23)35-7-2)25-16(3)30-31-17(4)22(15-28-26(25)31)27(33)29-21-10-8-9-19(13-21)18(5)32/h8-15H,6-7H2,1-5H3,(H,29,33). The van der Waals surface area contributed by atoms with Crippen molar-refractivity contribution in [3.63, 3.8) is 0 Å². The third kappa shape index (κ3) is 4.73. The first-order valence-electron chi connectivity index (χ1n) is 11.5. The second-order valence-electron chi connectivity index (χ2n) is 8.07. The van der Waals surface area contributed by atoms with Crippen molar-refractivity contribution in [2.24, 2.45) is 0 Å². The Balaban J connectivity index is 1.72. The number of hydrogen-bond acceptors (Lipinski definition) is 6. The molecule has 180 valence electrons. The largest absolute Gasteiger partial charge is 0.490 e. The van der Waals surface area contributed by atoms with Crippen molar-refractivity contribution in [1.29, 1.82) is 0 Å². The van der Waals surface area contributed by atoms with E-state index in [1.165, 1.54) is 6.92 Å². The zero-order valence-corrected chi connectivity index (χ0v) is 20.5. The molecule has 2 heterocycles. The van der Waals surface area contributed by atoms with Crippen LogP contribution >= 0.6 is 0 Å². The number of aromatic nitrogens is 3. The lowest BCUT2D eigenvalue weighted by atomic mass is 10.1. The minimum atomic E-state index is -0.327. The first-order chi connectivity index (χ1) is 16.8. The summed E-state index contributed by atoms with van der Waals surface area (Å²) in [5.41, 5.74) is 5.29. The summed E-state index contributed by atoms with van der Waals surface area (Å²) in [4.78, 5) is 29.3. The van der Waals surface area contributed by atoms with Crippen molar-refractivity contribution in [1.82, 2.24) is 14.6 Å². The van der Waals surface area contributed by atoms with E-state index in [4.69, 9.17) is 9.47 Å². The number of anilines is 1. The maximum Gasteiger partial charge on any atom is 0.259 e. The number of nitrogens with one attached hydrogen (secondary N) is 1. The van der Waals surface area contributed by atoms with Crippen LogP contribution in [0.1, 0.15) is 52.9 Å². The Morgan fingerprint density at radius 3 is 2.46 bits per heavy atom. The molecule has 0 aliphatic rings. The maximum absolute atomic E-state index is 13.0. The number of nitrogens with zero attached hydrogens (tertiary/aromatic N) is 3. The third-order valence-corrected chi connectivity index (χ3v) is 5.66. The van der Waals surface area contributed by atoms with Crippen LogP contribution < -0.4 is 14.8 Å². The Labute approximate surface area is 203 Å². The van der Waals surface area contributed by atoms with Gasteiger partial charge < -0.3 is 14.8 Å². The number of benzene rings is 2. The SMILES string of the molecule is CCOc1ccc(-c2c(C)nn3c(C)c(C(=O)Nc4cccc(C(C)=O)c4)cnc23)cc1OCC. The molecule has 0 aliphatic carbocycles. The van der Waals surface area contributed by atoms with Gasteiger partial charge in [-0.3, -0.25) is 9.59 Å². The van der Waals surface area contributed by atoms with Gasteiger partial charge in [-0.1, -0.05) is 18.2 Å². The van der Waals surface area contributed by atoms with Crippen molar-refractivity contribution >= 4 is 23.0 Å². The predicted octanol–water partition coefficient (Wildman–Crippen LogP) is 5.27. The van der Waals surface area contributed by atoms with Crippen molar-refractivity contribution in [3.05, 3.63) is 71.2 Å². The van der Waals surface area contributed by atoms with Crippen LogP contribution in [0.25, 0.3) is 16.8 Å². The molecule has 2 aromatic carbocycles. The van der Waals surface area contributed by atoms with Crippen LogP contribution in [0.15, 0.2) is 48.7 Å². The summed E-state index contributed by atoms with van der Waals surface area (Å²) in [7, 11) is 0. The Morgan fingerprint density at radius 2 is 1.74 bits per heavy atom. The number of ether oxygens (including phenoxy) is 2. The van der Waals surface area contributed by atoms with Crippen molar-refractivity contribution in [2.75, 3.05) is 18.5 Å². The quantitative estimate of drug-likeness (QED) is 0.351. The van der Waals surface area contributed by atoms with E-state index in [1.54, 1.807) is 35.0 Å². The molecule has 0 saturated heterocycles. The number of ketones is 1. The van der Waals surface area contributed by atoms with Gasteiger partial charge in [0.15, 0.2) is 22.9 Å². The summed E-state index contributed by atoms with van der Waals surface area (Å²) in [5, 5.41) is 7.52. The molecule has 35 heavy (non-hydrogen) atoms. The van der Waals surface area contributed by atoms with Gasteiger partial charge in [-0.05, 0) is 64.4 Å². The highest BCUT2D eigenvalue weighted by Gasteiger charge is 2.20. The Bertz CT molecular complexity index is 1420. The highest BCUT2D eigenvalue weighted by atomic mass is 16.5. The zero-order chi connectivity index (χ0) is 25.1. The zero-order valence-electron chi connectivity index (χ0n) is 20.5. The molecule has 0 spiro atoms. The molecule has 1 N–H and O–H groups in total. The van der Waals surface area contributed by atoms with E-state index in [0.717, 1.165) is 16.8 Å². The van der Waals surface area contributed by atoms with E-state index in [2.05, 4.69) is 15.4 Å². The van der Waals surface area contributed by atoms with Gasteiger partial charge in [0.25, 0.3) is 5.91 Å². The highest BCUT2D eigenvalue weighted by Crippen LogP contribution is 2.36. The van der Waals surface area contributed by atoms with Gasteiger partial charge in [0, 0.05) is 23.0 Å². The fourth-order valence-electron chi connectivity index (χ4n) is 3.98. The summed E-state index contributed by atoms with van der Waals surface area (Å²) in [6.45, 7) is 10.1. The molecular weight excluding hydrogens is 444 g/mol. The fraction of sp³-hybridized carbons (Fsp3) is 0.259. The van der Waals surface area contributed by atoms with Crippen molar-refractivity contribution in [3.8, 4) is 22.6 Å².